The molecular formula is C12H13FN2OS. The lowest BCUT2D eigenvalue weighted by molar-refractivity contribution is 0.413. The summed E-state index contributed by atoms with van der Waals surface area (Å²) in [6.45, 7) is 2.63. The van der Waals surface area contributed by atoms with Gasteiger partial charge in [0.15, 0.2) is 0 Å². The van der Waals surface area contributed by atoms with E-state index >= 15 is 0 Å². The summed E-state index contributed by atoms with van der Waals surface area (Å²) in [7, 11) is 1.53. The van der Waals surface area contributed by atoms with Gasteiger partial charge < -0.3 is 10.1 Å². The second-order valence-corrected chi connectivity index (χ2v) is 4.50. The molecule has 0 spiro atoms. The minimum absolute atomic E-state index is 0.304. The van der Waals surface area contributed by atoms with Gasteiger partial charge in [-0.05, 0) is 19.1 Å². The van der Waals surface area contributed by atoms with Crippen molar-refractivity contribution in [3.8, 4) is 5.75 Å². The second-order valence-electron chi connectivity index (χ2n) is 3.56. The van der Waals surface area contributed by atoms with Crippen molar-refractivity contribution in [2.75, 3.05) is 12.4 Å². The fourth-order valence-corrected chi connectivity index (χ4v) is 2.20. The average molecular weight is 252 g/mol. The van der Waals surface area contributed by atoms with Crippen LogP contribution in [0.25, 0.3) is 0 Å². The van der Waals surface area contributed by atoms with Crippen molar-refractivity contribution >= 4 is 17.0 Å². The smallest absolute Gasteiger partial charge is 0.144 e. The maximum absolute atomic E-state index is 13.0. The molecule has 0 bridgehead atoms. The number of nitrogens with zero attached hydrogens (tertiary/aromatic N) is 1. The molecule has 0 aliphatic rings. The van der Waals surface area contributed by atoms with Gasteiger partial charge >= 0.3 is 0 Å². The molecule has 2 rings (SSSR count). The van der Waals surface area contributed by atoms with Crippen molar-refractivity contribution in [2.24, 2.45) is 0 Å². The van der Waals surface area contributed by atoms with E-state index in [1.807, 2.05) is 12.4 Å². The highest BCUT2D eigenvalue weighted by molar-refractivity contribution is 7.09. The van der Waals surface area contributed by atoms with Crippen molar-refractivity contribution in [2.45, 2.75) is 13.5 Å². The largest absolute Gasteiger partial charge is 0.494 e. The Bertz CT molecular complexity index is 513. The third-order valence-electron chi connectivity index (χ3n) is 2.45. The molecule has 5 heteroatoms. The van der Waals surface area contributed by atoms with Gasteiger partial charge in [0.2, 0.25) is 0 Å². The number of benzene rings is 1. The van der Waals surface area contributed by atoms with Gasteiger partial charge in [-0.1, -0.05) is 0 Å². The fourth-order valence-electron chi connectivity index (χ4n) is 1.48. The van der Waals surface area contributed by atoms with E-state index in [9.17, 15) is 4.39 Å². The summed E-state index contributed by atoms with van der Waals surface area (Å²) < 4.78 is 18.1. The molecule has 1 aromatic heterocycles. The number of aryl methyl sites for hydroxylation is 1. The summed E-state index contributed by atoms with van der Waals surface area (Å²) in [6, 6.07) is 4.44. The predicted molar refractivity (Wildman–Crippen MR) is 67.1 cm³/mol. The lowest BCUT2D eigenvalue weighted by Gasteiger charge is -2.10. The monoisotopic (exact) mass is 252 g/mol. The van der Waals surface area contributed by atoms with Crippen LogP contribution in [0.5, 0.6) is 5.75 Å². The number of hydrogen-bond donors (Lipinski definition) is 1. The highest BCUT2D eigenvalue weighted by atomic mass is 32.1. The Kier molecular flexibility index (Phi) is 3.58. The molecule has 17 heavy (non-hydrogen) atoms. The number of hydrogen-bond acceptors (Lipinski definition) is 4. The number of rotatable bonds is 4. The van der Waals surface area contributed by atoms with E-state index in [0.29, 0.717) is 12.3 Å². The standard InChI is InChI=1S/C12H13FN2OS/c1-8-12(17-7-15-8)6-14-10-4-3-9(13)5-11(10)16-2/h3-5,7,14H,6H2,1-2H3. The van der Waals surface area contributed by atoms with Crippen LogP contribution >= 0.6 is 11.3 Å². The van der Waals surface area contributed by atoms with E-state index in [4.69, 9.17) is 4.74 Å². The Balaban J connectivity index is 2.11. The molecule has 0 saturated heterocycles. The first-order valence-electron chi connectivity index (χ1n) is 5.17. The summed E-state index contributed by atoms with van der Waals surface area (Å²) in [5.41, 5.74) is 3.61. The van der Waals surface area contributed by atoms with Gasteiger partial charge in [0, 0.05) is 10.9 Å². The van der Waals surface area contributed by atoms with Crippen LogP contribution < -0.4 is 10.1 Å². The summed E-state index contributed by atoms with van der Waals surface area (Å²) >= 11 is 1.60. The van der Waals surface area contributed by atoms with Gasteiger partial charge in [-0.3, -0.25) is 0 Å². The van der Waals surface area contributed by atoms with E-state index in [1.165, 1.54) is 19.2 Å². The Morgan fingerprint density at radius 2 is 2.29 bits per heavy atom. The van der Waals surface area contributed by atoms with Gasteiger partial charge in [0.25, 0.3) is 0 Å². The lowest BCUT2D eigenvalue weighted by atomic mass is 10.2. The van der Waals surface area contributed by atoms with E-state index in [2.05, 4.69) is 10.3 Å². The molecule has 2 aromatic rings. The van der Waals surface area contributed by atoms with E-state index < -0.39 is 0 Å². The third kappa shape index (κ3) is 2.74. The first-order valence-corrected chi connectivity index (χ1v) is 6.05. The molecule has 0 atom stereocenters. The molecule has 90 valence electrons. The Morgan fingerprint density at radius 1 is 1.47 bits per heavy atom. The Labute approximate surface area is 103 Å². The number of anilines is 1. The Morgan fingerprint density at radius 3 is 2.94 bits per heavy atom. The topological polar surface area (TPSA) is 34.1 Å². The van der Waals surface area contributed by atoms with Crippen molar-refractivity contribution in [3.63, 3.8) is 0 Å². The first-order chi connectivity index (χ1) is 8.20. The molecule has 1 aromatic carbocycles. The SMILES string of the molecule is COc1cc(F)ccc1NCc1scnc1C. The number of aromatic nitrogens is 1. The number of methoxy groups -OCH3 is 1. The molecule has 1 heterocycles. The number of ether oxygens (including phenoxy) is 1. The minimum Gasteiger partial charge on any atom is -0.494 e. The summed E-state index contributed by atoms with van der Waals surface area (Å²) in [6.07, 6.45) is 0. The zero-order valence-electron chi connectivity index (χ0n) is 9.66. The minimum atomic E-state index is -0.304. The zero-order valence-corrected chi connectivity index (χ0v) is 10.5. The quantitative estimate of drug-likeness (QED) is 0.907. The Hall–Kier alpha value is -1.62. The van der Waals surface area contributed by atoms with Crippen LogP contribution in [0, 0.1) is 12.7 Å². The number of nitrogens with one attached hydrogen (secondary N) is 1. The molecule has 0 radical (unpaired) electrons. The van der Waals surface area contributed by atoms with Gasteiger partial charge in [-0.25, -0.2) is 9.37 Å². The van der Waals surface area contributed by atoms with Crippen LogP contribution in [-0.2, 0) is 6.54 Å². The van der Waals surface area contributed by atoms with Crippen molar-refractivity contribution in [1.29, 1.82) is 0 Å². The second kappa shape index (κ2) is 5.14. The van der Waals surface area contributed by atoms with Gasteiger partial charge in [0.1, 0.15) is 11.6 Å². The van der Waals surface area contributed by atoms with Crippen LogP contribution in [0.1, 0.15) is 10.6 Å². The molecule has 0 fully saturated rings. The predicted octanol–water partition coefficient (Wildman–Crippen LogP) is 3.21. The molecule has 3 nitrogen and oxygen atoms in total. The molecular weight excluding hydrogens is 239 g/mol. The molecule has 1 N–H and O–H groups in total. The normalized spacial score (nSPS) is 10.3. The average Bonchev–Trinajstić information content (AvgIpc) is 2.73. The fraction of sp³-hybridized carbons (Fsp3) is 0.250. The van der Waals surface area contributed by atoms with Gasteiger partial charge in [-0.15, -0.1) is 11.3 Å². The van der Waals surface area contributed by atoms with Crippen LogP contribution in [0.3, 0.4) is 0 Å². The highest BCUT2D eigenvalue weighted by Gasteiger charge is 2.06. The summed E-state index contributed by atoms with van der Waals surface area (Å²) in [4.78, 5) is 5.34. The first kappa shape index (κ1) is 11.9. The van der Waals surface area contributed by atoms with Crippen LogP contribution in [-0.4, -0.2) is 12.1 Å². The van der Waals surface area contributed by atoms with Crippen LogP contribution in [0.15, 0.2) is 23.7 Å². The van der Waals surface area contributed by atoms with E-state index in [-0.39, 0.29) is 5.82 Å². The third-order valence-corrected chi connectivity index (χ3v) is 3.38. The molecule has 0 unspecified atom stereocenters. The van der Waals surface area contributed by atoms with Crippen molar-refractivity contribution < 1.29 is 9.13 Å². The molecule has 0 aliphatic carbocycles. The van der Waals surface area contributed by atoms with E-state index in [1.54, 1.807) is 17.4 Å². The summed E-state index contributed by atoms with van der Waals surface area (Å²) in [5, 5.41) is 3.21. The molecule has 0 aliphatic heterocycles. The number of halogens is 1. The molecule has 0 saturated carbocycles. The van der Waals surface area contributed by atoms with Gasteiger partial charge in [-0.2, -0.15) is 0 Å². The number of thiazole rings is 1. The summed E-state index contributed by atoms with van der Waals surface area (Å²) in [5.74, 6) is 0.202. The van der Waals surface area contributed by atoms with Crippen LogP contribution in [0.4, 0.5) is 10.1 Å². The highest BCUT2D eigenvalue weighted by Crippen LogP contribution is 2.26. The lowest BCUT2D eigenvalue weighted by Crippen LogP contribution is -2.01. The van der Waals surface area contributed by atoms with Gasteiger partial charge in [0.05, 0.1) is 30.5 Å². The maximum Gasteiger partial charge on any atom is 0.144 e. The maximum atomic E-state index is 13.0. The molecule has 0 amide bonds. The zero-order chi connectivity index (χ0) is 12.3. The van der Waals surface area contributed by atoms with Crippen LogP contribution in [0.2, 0.25) is 0 Å². The van der Waals surface area contributed by atoms with Crippen molar-refractivity contribution in [3.05, 3.63) is 40.1 Å². The van der Waals surface area contributed by atoms with E-state index in [0.717, 1.165) is 16.3 Å². The van der Waals surface area contributed by atoms with Crippen molar-refractivity contribution in [1.82, 2.24) is 4.98 Å².